The number of rotatable bonds is 2. The molecule has 2 unspecified atom stereocenters. The van der Waals surface area contributed by atoms with Gasteiger partial charge in [0.05, 0.1) is 6.04 Å². The Morgan fingerprint density at radius 3 is 2.89 bits per heavy atom. The van der Waals surface area contributed by atoms with Crippen LogP contribution in [0.25, 0.3) is 0 Å². The molecule has 1 saturated heterocycles. The third-order valence-electron chi connectivity index (χ3n) is 3.36. The minimum absolute atomic E-state index is 0.0347. The normalized spacial score (nSPS) is 23.7. The van der Waals surface area contributed by atoms with Crippen LogP contribution in [0.4, 0.5) is 10.1 Å². The first-order valence-corrected chi connectivity index (χ1v) is 6.39. The van der Waals surface area contributed by atoms with Crippen molar-refractivity contribution in [1.29, 1.82) is 0 Å². The molecule has 4 heteroatoms. The van der Waals surface area contributed by atoms with E-state index >= 15 is 0 Å². The van der Waals surface area contributed by atoms with Gasteiger partial charge in [-0.3, -0.25) is 4.79 Å². The number of benzene rings is 1. The van der Waals surface area contributed by atoms with E-state index in [1.165, 1.54) is 6.07 Å². The van der Waals surface area contributed by atoms with E-state index in [0.29, 0.717) is 17.3 Å². The lowest BCUT2D eigenvalue weighted by molar-refractivity contribution is -0.118. The van der Waals surface area contributed by atoms with Gasteiger partial charge in [0.15, 0.2) is 0 Å². The fourth-order valence-electron chi connectivity index (χ4n) is 2.30. The van der Waals surface area contributed by atoms with Crippen LogP contribution < -0.4 is 10.6 Å². The fraction of sp³-hybridized carbons (Fsp3) is 0.500. The Hall–Kier alpha value is -1.42. The topological polar surface area (TPSA) is 41.1 Å². The molecule has 1 fully saturated rings. The first-order chi connectivity index (χ1) is 8.56. The van der Waals surface area contributed by atoms with Gasteiger partial charge < -0.3 is 10.6 Å². The van der Waals surface area contributed by atoms with Crippen molar-refractivity contribution < 1.29 is 9.18 Å². The predicted octanol–water partition coefficient (Wildman–Crippen LogP) is 2.60. The zero-order valence-electron chi connectivity index (χ0n) is 10.8. The lowest BCUT2D eigenvalue weighted by Gasteiger charge is -2.27. The van der Waals surface area contributed by atoms with E-state index in [1.807, 2.05) is 0 Å². The summed E-state index contributed by atoms with van der Waals surface area (Å²) in [7, 11) is 0. The van der Waals surface area contributed by atoms with Gasteiger partial charge in [-0.15, -0.1) is 0 Å². The Morgan fingerprint density at radius 2 is 2.22 bits per heavy atom. The van der Waals surface area contributed by atoms with E-state index in [4.69, 9.17) is 0 Å². The van der Waals surface area contributed by atoms with E-state index in [-0.39, 0.29) is 17.8 Å². The monoisotopic (exact) mass is 250 g/mol. The van der Waals surface area contributed by atoms with Gasteiger partial charge in [0, 0.05) is 11.7 Å². The molecule has 0 aliphatic carbocycles. The molecule has 1 amide bonds. The summed E-state index contributed by atoms with van der Waals surface area (Å²) >= 11 is 0. The number of nitrogens with one attached hydrogen (secondary N) is 2. The highest BCUT2D eigenvalue weighted by molar-refractivity contribution is 5.94. The summed E-state index contributed by atoms with van der Waals surface area (Å²) in [5.74, 6) is -0.287. The Balaban J connectivity index is 2.00. The van der Waals surface area contributed by atoms with Crippen molar-refractivity contribution in [2.45, 2.75) is 45.2 Å². The van der Waals surface area contributed by atoms with Crippen molar-refractivity contribution in [3.8, 4) is 0 Å². The minimum atomic E-state index is -0.252. The van der Waals surface area contributed by atoms with Crippen molar-refractivity contribution in [2.24, 2.45) is 0 Å². The molecule has 1 aliphatic heterocycles. The van der Waals surface area contributed by atoms with Crippen LogP contribution in [-0.2, 0) is 4.79 Å². The van der Waals surface area contributed by atoms with E-state index < -0.39 is 0 Å². The highest BCUT2D eigenvalue weighted by Crippen LogP contribution is 2.17. The second-order valence-electron chi connectivity index (χ2n) is 5.00. The van der Waals surface area contributed by atoms with Crippen LogP contribution in [0, 0.1) is 12.7 Å². The average Bonchev–Trinajstić information content (AvgIpc) is 2.34. The number of hydrogen-bond acceptors (Lipinski definition) is 2. The van der Waals surface area contributed by atoms with Gasteiger partial charge >= 0.3 is 0 Å². The maximum Gasteiger partial charge on any atom is 0.241 e. The van der Waals surface area contributed by atoms with Crippen molar-refractivity contribution >= 4 is 11.6 Å². The number of aryl methyl sites for hydroxylation is 1. The standard InChI is InChI=1S/C14H19FN2O/c1-9-8-11(6-7-12(9)15)17-14(18)13-5-3-4-10(2)16-13/h6-8,10,13,16H,3-5H2,1-2H3,(H,17,18). The molecular weight excluding hydrogens is 231 g/mol. The molecule has 0 bridgehead atoms. The fourth-order valence-corrected chi connectivity index (χ4v) is 2.30. The molecule has 0 aromatic heterocycles. The summed E-state index contributed by atoms with van der Waals surface area (Å²) < 4.78 is 13.1. The van der Waals surface area contributed by atoms with Crippen LogP contribution in [0.2, 0.25) is 0 Å². The Kier molecular flexibility index (Phi) is 3.97. The molecule has 0 radical (unpaired) electrons. The van der Waals surface area contributed by atoms with Crippen LogP contribution in [0.1, 0.15) is 31.7 Å². The molecular formula is C14H19FN2O. The van der Waals surface area contributed by atoms with E-state index in [2.05, 4.69) is 17.6 Å². The van der Waals surface area contributed by atoms with Crippen molar-refractivity contribution in [3.05, 3.63) is 29.6 Å². The summed E-state index contributed by atoms with van der Waals surface area (Å²) in [6.45, 7) is 3.77. The molecule has 18 heavy (non-hydrogen) atoms. The number of hydrogen-bond donors (Lipinski definition) is 2. The van der Waals surface area contributed by atoms with Gasteiger partial charge in [0.2, 0.25) is 5.91 Å². The summed E-state index contributed by atoms with van der Waals surface area (Å²) in [4.78, 5) is 12.0. The predicted molar refractivity (Wildman–Crippen MR) is 70.0 cm³/mol. The largest absolute Gasteiger partial charge is 0.325 e. The molecule has 98 valence electrons. The third-order valence-corrected chi connectivity index (χ3v) is 3.36. The molecule has 3 nitrogen and oxygen atoms in total. The van der Waals surface area contributed by atoms with Gasteiger partial charge in [-0.2, -0.15) is 0 Å². The molecule has 1 aromatic carbocycles. The zero-order valence-corrected chi connectivity index (χ0v) is 10.8. The van der Waals surface area contributed by atoms with Crippen LogP contribution in [-0.4, -0.2) is 18.0 Å². The Bertz CT molecular complexity index is 447. The number of carbonyl (C=O) groups excluding carboxylic acids is 1. The molecule has 1 aliphatic rings. The maximum absolute atomic E-state index is 13.1. The van der Waals surface area contributed by atoms with Gasteiger partial charge in [-0.25, -0.2) is 4.39 Å². The second kappa shape index (κ2) is 5.48. The second-order valence-corrected chi connectivity index (χ2v) is 5.00. The van der Waals surface area contributed by atoms with Crippen LogP contribution >= 0.6 is 0 Å². The smallest absolute Gasteiger partial charge is 0.241 e. The van der Waals surface area contributed by atoms with Gasteiger partial charge in [0.25, 0.3) is 0 Å². The lowest BCUT2D eigenvalue weighted by Crippen LogP contribution is -2.47. The van der Waals surface area contributed by atoms with E-state index in [1.54, 1.807) is 19.1 Å². The minimum Gasteiger partial charge on any atom is -0.325 e. The summed E-state index contributed by atoms with van der Waals surface area (Å²) in [6, 6.07) is 4.86. The zero-order chi connectivity index (χ0) is 13.1. The van der Waals surface area contributed by atoms with Crippen LogP contribution in [0.3, 0.4) is 0 Å². The summed E-state index contributed by atoms with van der Waals surface area (Å²) in [5.41, 5.74) is 1.19. The molecule has 2 atom stereocenters. The number of anilines is 1. The molecule has 2 N–H and O–H groups in total. The maximum atomic E-state index is 13.1. The first-order valence-electron chi connectivity index (χ1n) is 6.39. The summed E-state index contributed by atoms with van der Waals surface area (Å²) in [6.07, 6.45) is 3.03. The molecule has 0 spiro atoms. The highest BCUT2D eigenvalue weighted by atomic mass is 19.1. The number of piperidine rings is 1. The van der Waals surface area contributed by atoms with Crippen molar-refractivity contribution in [1.82, 2.24) is 5.32 Å². The van der Waals surface area contributed by atoms with Crippen LogP contribution in [0.15, 0.2) is 18.2 Å². The molecule has 2 rings (SSSR count). The van der Waals surface area contributed by atoms with E-state index in [0.717, 1.165) is 19.3 Å². The third kappa shape index (κ3) is 3.07. The van der Waals surface area contributed by atoms with Gasteiger partial charge in [-0.1, -0.05) is 0 Å². The van der Waals surface area contributed by atoms with Gasteiger partial charge in [0.1, 0.15) is 5.82 Å². The first kappa shape index (κ1) is 13.0. The summed E-state index contributed by atoms with van der Waals surface area (Å²) in [5, 5.41) is 6.11. The van der Waals surface area contributed by atoms with E-state index in [9.17, 15) is 9.18 Å². The Morgan fingerprint density at radius 1 is 1.44 bits per heavy atom. The number of halogens is 1. The highest BCUT2D eigenvalue weighted by Gasteiger charge is 2.24. The Labute approximate surface area is 107 Å². The van der Waals surface area contributed by atoms with Crippen molar-refractivity contribution in [2.75, 3.05) is 5.32 Å². The van der Waals surface area contributed by atoms with Crippen molar-refractivity contribution in [3.63, 3.8) is 0 Å². The number of carbonyl (C=O) groups is 1. The van der Waals surface area contributed by atoms with Gasteiger partial charge in [-0.05, 0) is 56.9 Å². The molecule has 1 heterocycles. The molecule has 0 saturated carbocycles. The number of amides is 1. The average molecular weight is 250 g/mol. The SMILES string of the molecule is Cc1cc(NC(=O)C2CCCC(C)N2)ccc1F. The van der Waals surface area contributed by atoms with Crippen LogP contribution in [0.5, 0.6) is 0 Å². The quantitative estimate of drug-likeness (QED) is 0.847. The lowest BCUT2D eigenvalue weighted by atomic mass is 9.99. The molecule has 1 aromatic rings.